The van der Waals surface area contributed by atoms with Crippen LogP contribution < -0.4 is 0 Å². The largest absolute Gasteiger partial charge is 0.481 e. The lowest BCUT2D eigenvalue weighted by Crippen LogP contribution is -2.32. The molecular weight excluding hydrogens is 330 g/mol. The number of carbonyl (C=O) groups is 1. The molecule has 0 amide bonds. The molecule has 0 bridgehead atoms. The van der Waals surface area contributed by atoms with E-state index in [1.165, 1.54) is 12.3 Å². The first-order valence-electron chi connectivity index (χ1n) is 6.39. The smallest absolute Gasteiger partial charge is 0.304 e. The maximum Gasteiger partial charge on any atom is 0.304 e. The number of nitrogens with zero attached hydrogens (tertiary/aromatic N) is 1. The molecule has 6 nitrogen and oxygen atoms in total. The van der Waals surface area contributed by atoms with E-state index in [0.717, 1.165) is 10.6 Å². The van der Waals surface area contributed by atoms with Crippen LogP contribution in [0.3, 0.4) is 0 Å². The van der Waals surface area contributed by atoms with Crippen molar-refractivity contribution in [3.63, 3.8) is 0 Å². The average Bonchev–Trinajstić information content (AvgIpc) is 2.99. The Morgan fingerprint density at radius 1 is 1.27 bits per heavy atom. The van der Waals surface area contributed by atoms with Crippen LogP contribution in [0.4, 0.5) is 0 Å². The molecule has 0 saturated heterocycles. The second-order valence-corrected chi connectivity index (χ2v) is 6.88. The maximum atomic E-state index is 12.6. The molecule has 1 aromatic carbocycles. The number of carboxylic acids is 1. The second-order valence-electron chi connectivity index (χ2n) is 4.53. The number of hydrogen-bond acceptors (Lipinski definition) is 4. The van der Waals surface area contributed by atoms with Gasteiger partial charge >= 0.3 is 5.97 Å². The minimum absolute atomic E-state index is 0.0134. The lowest BCUT2D eigenvalue weighted by atomic mass is 10.2. The van der Waals surface area contributed by atoms with Gasteiger partial charge in [-0.05, 0) is 17.7 Å². The van der Waals surface area contributed by atoms with Crippen molar-refractivity contribution < 1.29 is 22.7 Å². The summed E-state index contributed by atoms with van der Waals surface area (Å²) in [6.45, 7) is -0.172. The number of sulfonamides is 1. The monoisotopic (exact) mass is 343 g/mol. The van der Waals surface area contributed by atoms with Gasteiger partial charge in [-0.3, -0.25) is 4.79 Å². The number of halogens is 1. The first-order chi connectivity index (χ1) is 10.4. The number of furan rings is 1. The number of aliphatic carboxylic acids is 1. The van der Waals surface area contributed by atoms with Gasteiger partial charge in [0.05, 0.1) is 12.7 Å². The van der Waals surface area contributed by atoms with Crippen molar-refractivity contribution in [3.05, 3.63) is 53.4 Å². The van der Waals surface area contributed by atoms with Crippen molar-refractivity contribution in [2.45, 2.75) is 17.9 Å². The van der Waals surface area contributed by atoms with Crippen molar-refractivity contribution in [3.8, 4) is 0 Å². The third-order valence-electron chi connectivity index (χ3n) is 3.01. The predicted molar refractivity (Wildman–Crippen MR) is 80.0 cm³/mol. The van der Waals surface area contributed by atoms with E-state index in [1.54, 1.807) is 24.3 Å². The van der Waals surface area contributed by atoms with Crippen LogP contribution in [-0.4, -0.2) is 30.3 Å². The molecule has 0 atom stereocenters. The van der Waals surface area contributed by atoms with Crippen LogP contribution in [0.25, 0.3) is 0 Å². The molecule has 1 heterocycles. The number of rotatable bonds is 7. The molecule has 2 rings (SSSR count). The van der Waals surface area contributed by atoms with Gasteiger partial charge in [-0.1, -0.05) is 29.8 Å². The highest BCUT2D eigenvalue weighted by atomic mass is 35.5. The summed E-state index contributed by atoms with van der Waals surface area (Å²) in [5.41, 5.74) is 0.599. The quantitative estimate of drug-likeness (QED) is 0.834. The van der Waals surface area contributed by atoms with Gasteiger partial charge in [-0.25, -0.2) is 8.42 Å². The Morgan fingerprint density at radius 2 is 2.00 bits per heavy atom. The fourth-order valence-corrected chi connectivity index (χ4v) is 3.41. The van der Waals surface area contributed by atoms with E-state index in [9.17, 15) is 13.2 Å². The maximum absolute atomic E-state index is 12.6. The minimum atomic E-state index is -3.85. The molecule has 22 heavy (non-hydrogen) atoms. The zero-order valence-corrected chi connectivity index (χ0v) is 13.0. The fourth-order valence-electron chi connectivity index (χ4n) is 1.87. The Kier molecular flexibility index (Phi) is 5.23. The van der Waals surface area contributed by atoms with Gasteiger partial charge in [0.15, 0.2) is 0 Å². The number of carboxylic acid groups (broad SMARTS) is 1. The first kappa shape index (κ1) is 16.5. The lowest BCUT2D eigenvalue weighted by Gasteiger charge is -2.21. The van der Waals surface area contributed by atoms with E-state index in [1.807, 2.05) is 0 Å². The normalized spacial score (nSPS) is 11.7. The van der Waals surface area contributed by atoms with E-state index in [4.69, 9.17) is 21.1 Å². The van der Waals surface area contributed by atoms with E-state index in [2.05, 4.69) is 0 Å². The van der Waals surface area contributed by atoms with Crippen molar-refractivity contribution >= 4 is 27.6 Å². The van der Waals surface area contributed by atoms with E-state index >= 15 is 0 Å². The number of hydrogen-bond donors (Lipinski definition) is 1. The van der Waals surface area contributed by atoms with Crippen molar-refractivity contribution in [2.24, 2.45) is 0 Å². The molecule has 8 heteroatoms. The summed E-state index contributed by atoms with van der Waals surface area (Å²) in [4.78, 5) is 10.7. The molecule has 0 radical (unpaired) electrons. The summed E-state index contributed by atoms with van der Waals surface area (Å²) in [5.74, 6) is -1.08. The Balaban J connectivity index is 2.31. The fraction of sp³-hybridized carbons (Fsp3) is 0.214. The summed E-state index contributed by atoms with van der Waals surface area (Å²) in [6, 6.07) is 8.13. The van der Waals surface area contributed by atoms with Gasteiger partial charge in [0.1, 0.15) is 11.2 Å². The van der Waals surface area contributed by atoms with E-state index < -0.39 is 16.0 Å². The molecule has 2 aromatic rings. The van der Waals surface area contributed by atoms with Gasteiger partial charge in [0.25, 0.3) is 0 Å². The highest BCUT2D eigenvalue weighted by molar-refractivity contribution is 7.89. The second kappa shape index (κ2) is 6.95. The van der Waals surface area contributed by atoms with Crippen LogP contribution in [0, 0.1) is 0 Å². The molecule has 0 spiro atoms. The molecular formula is C14H14ClNO5S. The summed E-state index contributed by atoms with van der Waals surface area (Å²) in [5, 5.41) is 9.23. The van der Waals surface area contributed by atoms with Crippen LogP contribution in [0.5, 0.6) is 0 Å². The number of benzene rings is 1. The van der Waals surface area contributed by atoms with Crippen LogP contribution in [0.1, 0.15) is 12.0 Å². The molecule has 0 saturated carbocycles. The molecule has 118 valence electrons. The SMILES string of the molecule is O=C(O)CCN(Cc1ccccc1Cl)S(=O)(=O)c1ccoc1. The van der Waals surface area contributed by atoms with Gasteiger partial charge in [0, 0.05) is 18.1 Å². The van der Waals surface area contributed by atoms with Crippen molar-refractivity contribution in [2.75, 3.05) is 6.54 Å². The molecule has 0 unspecified atom stereocenters. The third-order valence-corrected chi connectivity index (χ3v) is 5.20. The topological polar surface area (TPSA) is 87.8 Å². The van der Waals surface area contributed by atoms with Crippen molar-refractivity contribution in [1.29, 1.82) is 0 Å². The summed E-state index contributed by atoms with van der Waals surface area (Å²) >= 11 is 6.05. The predicted octanol–water partition coefficient (Wildman–Crippen LogP) is 2.60. The van der Waals surface area contributed by atoms with Crippen LogP contribution in [0.2, 0.25) is 5.02 Å². The van der Waals surface area contributed by atoms with E-state index in [0.29, 0.717) is 10.6 Å². The summed E-state index contributed by atoms with van der Waals surface area (Å²) in [6.07, 6.45) is 2.05. The first-order valence-corrected chi connectivity index (χ1v) is 8.20. The molecule has 0 aliphatic rings. The van der Waals surface area contributed by atoms with Crippen LogP contribution >= 0.6 is 11.6 Å². The molecule has 1 N–H and O–H groups in total. The zero-order chi connectivity index (χ0) is 16.2. The van der Waals surface area contributed by atoms with Gasteiger partial charge < -0.3 is 9.52 Å². The highest BCUT2D eigenvalue weighted by Crippen LogP contribution is 2.22. The highest BCUT2D eigenvalue weighted by Gasteiger charge is 2.26. The van der Waals surface area contributed by atoms with Gasteiger partial charge in [-0.15, -0.1) is 0 Å². The summed E-state index contributed by atoms with van der Waals surface area (Å²) in [7, 11) is -3.85. The molecule has 0 aliphatic carbocycles. The Hall–Kier alpha value is -1.83. The Morgan fingerprint density at radius 3 is 2.59 bits per heavy atom. The average molecular weight is 344 g/mol. The Labute approximate surface area is 133 Å². The molecule has 1 aromatic heterocycles. The van der Waals surface area contributed by atoms with Gasteiger partial charge in [0.2, 0.25) is 10.0 Å². The zero-order valence-electron chi connectivity index (χ0n) is 11.5. The standard InChI is InChI=1S/C14H14ClNO5S/c15-13-4-2-1-3-11(13)9-16(7-5-14(17)18)22(19,20)12-6-8-21-10-12/h1-4,6,8,10H,5,7,9H2,(H,17,18). The Bertz CT molecular complexity index is 742. The summed E-state index contributed by atoms with van der Waals surface area (Å²) < 4.78 is 31.0. The van der Waals surface area contributed by atoms with E-state index in [-0.39, 0.29) is 24.4 Å². The van der Waals surface area contributed by atoms with Crippen molar-refractivity contribution in [1.82, 2.24) is 4.31 Å². The van der Waals surface area contributed by atoms with Crippen LogP contribution in [-0.2, 0) is 21.4 Å². The lowest BCUT2D eigenvalue weighted by molar-refractivity contribution is -0.137. The van der Waals surface area contributed by atoms with Crippen LogP contribution in [0.15, 0.2) is 52.2 Å². The van der Waals surface area contributed by atoms with Gasteiger partial charge in [-0.2, -0.15) is 4.31 Å². The molecule has 0 aliphatic heterocycles. The molecule has 0 fully saturated rings. The third kappa shape index (κ3) is 3.88. The minimum Gasteiger partial charge on any atom is -0.481 e.